The van der Waals surface area contributed by atoms with Crippen LogP contribution in [0.15, 0.2) is 54.6 Å². The van der Waals surface area contributed by atoms with Gasteiger partial charge in [-0.1, -0.05) is 29.8 Å². The molecule has 1 aliphatic rings. The van der Waals surface area contributed by atoms with Gasteiger partial charge in [0.2, 0.25) is 5.91 Å². The van der Waals surface area contributed by atoms with Crippen LogP contribution in [-0.4, -0.2) is 38.0 Å². The van der Waals surface area contributed by atoms with Crippen LogP contribution in [0.2, 0.25) is 5.02 Å². The lowest BCUT2D eigenvalue weighted by Crippen LogP contribution is -2.44. The molecule has 0 aliphatic carbocycles. The number of nitrogens with zero attached hydrogens (tertiary/aromatic N) is 1. The van der Waals surface area contributed by atoms with Gasteiger partial charge in [0, 0.05) is 18.2 Å². The molecule has 176 valence electrons. The molecule has 0 spiro atoms. The number of carbonyl (C=O) groups excluding carboxylic acids is 2. The Hall–Kier alpha value is -3.65. The monoisotopic (exact) mass is 486 g/mol. The topological polar surface area (TPSA) is 67.9 Å². The van der Waals surface area contributed by atoms with Gasteiger partial charge in [0.25, 0.3) is 5.91 Å². The first-order valence-corrected chi connectivity index (χ1v) is 10.7. The summed E-state index contributed by atoms with van der Waals surface area (Å²) in [6.45, 7) is 0. The minimum Gasteiger partial charge on any atom is -0.493 e. The van der Waals surface area contributed by atoms with Crippen LogP contribution < -0.4 is 14.8 Å². The summed E-state index contributed by atoms with van der Waals surface area (Å²) in [5.74, 6) is -2.51. The van der Waals surface area contributed by atoms with E-state index in [0.29, 0.717) is 17.1 Å². The highest BCUT2D eigenvalue weighted by atomic mass is 35.5. The number of amides is 2. The highest BCUT2D eigenvalue weighted by Gasteiger charge is 2.44. The van der Waals surface area contributed by atoms with Crippen LogP contribution in [0, 0.1) is 11.6 Å². The fourth-order valence-electron chi connectivity index (χ4n) is 4.24. The van der Waals surface area contributed by atoms with Crippen LogP contribution in [-0.2, 0) is 4.79 Å². The molecule has 0 saturated heterocycles. The number of hydrogen-bond donors (Lipinski definition) is 1. The zero-order valence-corrected chi connectivity index (χ0v) is 19.3. The predicted molar refractivity (Wildman–Crippen MR) is 124 cm³/mol. The van der Waals surface area contributed by atoms with Crippen molar-refractivity contribution in [2.45, 2.75) is 12.0 Å². The first kappa shape index (κ1) is 23.5. The molecule has 1 heterocycles. The van der Waals surface area contributed by atoms with Gasteiger partial charge < -0.3 is 19.7 Å². The van der Waals surface area contributed by atoms with Gasteiger partial charge in [0.05, 0.1) is 36.9 Å². The van der Waals surface area contributed by atoms with E-state index in [1.165, 1.54) is 56.5 Å². The van der Waals surface area contributed by atoms with Gasteiger partial charge in [-0.15, -0.1) is 0 Å². The van der Waals surface area contributed by atoms with Gasteiger partial charge in [-0.05, 0) is 42.0 Å². The number of likely N-dealkylation sites (N-methyl/N-ethyl adjacent to an activating group) is 1. The SMILES string of the molecule is COc1cc2c(cc1OC)[C@H](C(=O)Nc1ccc(F)cc1Cl)[C@@H](c1ccccc1F)N(C)C2=O. The fourth-order valence-corrected chi connectivity index (χ4v) is 4.45. The average Bonchev–Trinajstić information content (AvgIpc) is 2.82. The van der Waals surface area contributed by atoms with Crippen LogP contribution in [0.25, 0.3) is 0 Å². The number of nitrogens with one attached hydrogen (secondary N) is 1. The zero-order valence-electron chi connectivity index (χ0n) is 18.6. The quantitative estimate of drug-likeness (QED) is 0.539. The van der Waals surface area contributed by atoms with E-state index in [1.54, 1.807) is 12.1 Å². The highest BCUT2D eigenvalue weighted by molar-refractivity contribution is 6.33. The summed E-state index contributed by atoms with van der Waals surface area (Å²) < 4.78 is 39.1. The molecular formula is C25H21ClF2N2O4. The molecule has 6 nitrogen and oxygen atoms in total. The van der Waals surface area contributed by atoms with Crippen molar-refractivity contribution in [3.8, 4) is 11.5 Å². The number of methoxy groups -OCH3 is 2. The molecule has 1 N–H and O–H groups in total. The molecule has 0 radical (unpaired) electrons. The van der Waals surface area contributed by atoms with E-state index in [1.807, 2.05) is 0 Å². The van der Waals surface area contributed by atoms with Crippen molar-refractivity contribution in [3.63, 3.8) is 0 Å². The smallest absolute Gasteiger partial charge is 0.254 e. The minimum atomic E-state index is -1.05. The maximum absolute atomic E-state index is 14.9. The molecular weight excluding hydrogens is 466 g/mol. The number of halogens is 3. The Bertz CT molecular complexity index is 1280. The van der Waals surface area contributed by atoms with Gasteiger partial charge in [-0.3, -0.25) is 9.59 Å². The first-order chi connectivity index (χ1) is 16.3. The van der Waals surface area contributed by atoms with Crippen molar-refractivity contribution in [1.29, 1.82) is 0 Å². The molecule has 2 amide bonds. The number of carbonyl (C=O) groups is 2. The minimum absolute atomic E-state index is 0.00330. The second kappa shape index (κ2) is 9.30. The van der Waals surface area contributed by atoms with Gasteiger partial charge in [-0.2, -0.15) is 0 Å². The second-order valence-corrected chi connectivity index (χ2v) is 8.18. The molecule has 0 unspecified atom stereocenters. The molecule has 2 atom stereocenters. The van der Waals surface area contributed by atoms with E-state index < -0.39 is 35.4 Å². The Balaban J connectivity index is 1.91. The van der Waals surface area contributed by atoms with Crippen molar-refractivity contribution < 1.29 is 27.8 Å². The number of fused-ring (bicyclic) bond motifs is 1. The highest BCUT2D eigenvalue weighted by Crippen LogP contribution is 2.46. The molecule has 0 saturated carbocycles. The van der Waals surface area contributed by atoms with E-state index in [0.717, 1.165) is 12.1 Å². The maximum atomic E-state index is 14.9. The van der Waals surface area contributed by atoms with E-state index in [2.05, 4.69) is 5.32 Å². The molecule has 9 heteroatoms. The number of ether oxygens (including phenoxy) is 2. The Morgan fingerprint density at radius 3 is 2.32 bits per heavy atom. The van der Waals surface area contributed by atoms with Gasteiger partial charge in [-0.25, -0.2) is 8.78 Å². The van der Waals surface area contributed by atoms with Gasteiger partial charge >= 0.3 is 0 Å². The van der Waals surface area contributed by atoms with E-state index in [9.17, 15) is 18.4 Å². The molecule has 1 aliphatic heterocycles. The number of anilines is 1. The van der Waals surface area contributed by atoms with Crippen molar-refractivity contribution in [3.05, 3.63) is 87.9 Å². The first-order valence-electron chi connectivity index (χ1n) is 10.3. The average molecular weight is 487 g/mol. The summed E-state index contributed by atoms with van der Waals surface area (Å²) in [5.41, 5.74) is 0.911. The lowest BCUT2D eigenvalue weighted by molar-refractivity contribution is -0.119. The van der Waals surface area contributed by atoms with Gasteiger partial charge in [0.15, 0.2) is 11.5 Å². The summed E-state index contributed by atoms with van der Waals surface area (Å²) in [5, 5.41) is 2.70. The zero-order chi connectivity index (χ0) is 24.6. The van der Waals surface area contributed by atoms with Crippen LogP contribution >= 0.6 is 11.6 Å². The maximum Gasteiger partial charge on any atom is 0.254 e. The number of hydrogen-bond acceptors (Lipinski definition) is 4. The Morgan fingerprint density at radius 2 is 1.68 bits per heavy atom. The summed E-state index contributed by atoms with van der Waals surface area (Å²) in [6.07, 6.45) is 0. The summed E-state index contributed by atoms with van der Waals surface area (Å²) in [6, 6.07) is 11.6. The third-order valence-corrected chi connectivity index (χ3v) is 6.18. The second-order valence-electron chi connectivity index (χ2n) is 7.77. The predicted octanol–water partition coefficient (Wildman–Crippen LogP) is 5.18. The fraction of sp³-hybridized carbons (Fsp3) is 0.200. The summed E-state index contributed by atoms with van der Waals surface area (Å²) >= 11 is 6.11. The van der Waals surface area contributed by atoms with Crippen molar-refractivity contribution >= 4 is 29.1 Å². The molecule has 0 fully saturated rings. The molecule has 4 rings (SSSR count). The van der Waals surface area contributed by atoms with Crippen LogP contribution in [0.4, 0.5) is 14.5 Å². The lowest BCUT2D eigenvalue weighted by Gasteiger charge is -2.40. The van der Waals surface area contributed by atoms with Crippen molar-refractivity contribution in [1.82, 2.24) is 4.90 Å². The lowest BCUT2D eigenvalue weighted by atomic mass is 9.79. The number of rotatable bonds is 5. The standard InChI is InChI=1S/C25H21ClF2N2O4/c1-30-23(14-6-4-5-7-18(14)28)22(24(31)29-19-9-8-13(27)10-17(19)26)15-11-20(33-2)21(34-3)12-16(15)25(30)32/h4-12,22-23H,1-3H3,(H,29,31)/t22-,23+/m0/s1. The normalized spacial score (nSPS) is 17.2. The van der Waals surface area contributed by atoms with Gasteiger partial charge in [0.1, 0.15) is 11.6 Å². The Morgan fingerprint density at radius 1 is 1.00 bits per heavy atom. The number of benzene rings is 3. The van der Waals surface area contributed by atoms with Crippen LogP contribution in [0.5, 0.6) is 11.5 Å². The van der Waals surface area contributed by atoms with Crippen molar-refractivity contribution in [2.24, 2.45) is 0 Å². The molecule has 0 bridgehead atoms. The Kier molecular flexibility index (Phi) is 6.43. The van der Waals surface area contributed by atoms with E-state index in [4.69, 9.17) is 21.1 Å². The summed E-state index contributed by atoms with van der Waals surface area (Å²) in [7, 11) is 4.37. The Labute approximate surface area is 200 Å². The van der Waals surface area contributed by atoms with E-state index in [-0.39, 0.29) is 21.8 Å². The van der Waals surface area contributed by atoms with E-state index >= 15 is 0 Å². The van der Waals surface area contributed by atoms with Crippen LogP contribution in [0.3, 0.4) is 0 Å². The molecule has 3 aromatic rings. The molecule has 0 aromatic heterocycles. The third-order valence-electron chi connectivity index (χ3n) is 5.87. The van der Waals surface area contributed by atoms with Crippen LogP contribution in [0.1, 0.15) is 33.4 Å². The summed E-state index contributed by atoms with van der Waals surface area (Å²) in [4.78, 5) is 28.3. The van der Waals surface area contributed by atoms with Crippen molar-refractivity contribution in [2.75, 3.05) is 26.6 Å². The largest absolute Gasteiger partial charge is 0.493 e. The molecule has 3 aromatic carbocycles. The molecule has 34 heavy (non-hydrogen) atoms. The third kappa shape index (κ3) is 4.05.